The molecule has 0 aromatic carbocycles. The lowest BCUT2D eigenvalue weighted by Gasteiger charge is -2.17. The molecule has 0 aliphatic carbocycles. The van der Waals surface area contributed by atoms with Crippen molar-refractivity contribution < 1.29 is 9.59 Å². The minimum Gasteiger partial charge on any atom is -0.346 e. The molecule has 8 heteroatoms. The molecule has 23 heavy (non-hydrogen) atoms. The summed E-state index contributed by atoms with van der Waals surface area (Å²) < 4.78 is 3.68. The molecule has 1 aliphatic heterocycles. The molecular weight excluding hydrogens is 296 g/mol. The zero-order valence-electron chi connectivity index (χ0n) is 13.3. The molecule has 2 aromatic rings. The van der Waals surface area contributed by atoms with E-state index in [1.807, 2.05) is 4.90 Å². The summed E-state index contributed by atoms with van der Waals surface area (Å²) in [6.07, 6.45) is 5.74. The number of imidazole rings is 1. The van der Waals surface area contributed by atoms with Crippen LogP contribution < -0.4 is 5.32 Å². The van der Waals surface area contributed by atoms with Crippen molar-refractivity contribution in [3.8, 4) is 0 Å². The maximum absolute atomic E-state index is 12.1. The van der Waals surface area contributed by atoms with Crippen molar-refractivity contribution >= 4 is 11.8 Å². The Morgan fingerprint density at radius 2 is 2.09 bits per heavy atom. The summed E-state index contributed by atoms with van der Waals surface area (Å²) in [5, 5.41) is 6.88. The number of aryl methyl sites for hydroxylation is 1. The van der Waals surface area contributed by atoms with Crippen LogP contribution in [0.2, 0.25) is 0 Å². The topological polar surface area (TPSA) is 85.1 Å². The Morgan fingerprint density at radius 3 is 2.78 bits per heavy atom. The molecule has 0 fully saturated rings. The Kier molecular flexibility index (Phi) is 4.14. The molecule has 0 atom stereocenters. The van der Waals surface area contributed by atoms with E-state index in [-0.39, 0.29) is 11.8 Å². The number of fused-ring (bicyclic) bond motifs is 1. The predicted molar refractivity (Wildman–Crippen MR) is 82.6 cm³/mol. The third kappa shape index (κ3) is 3.25. The number of hydrogen-bond acceptors (Lipinski definition) is 4. The Hall–Kier alpha value is -2.64. The van der Waals surface area contributed by atoms with Gasteiger partial charge in [0.1, 0.15) is 5.82 Å². The molecule has 0 radical (unpaired) electrons. The molecule has 0 unspecified atom stereocenters. The summed E-state index contributed by atoms with van der Waals surface area (Å²) in [6, 6.07) is 0. The van der Waals surface area contributed by atoms with Crippen molar-refractivity contribution in [1.82, 2.24) is 29.5 Å². The second kappa shape index (κ2) is 6.23. The van der Waals surface area contributed by atoms with Crippen LogP contribution in [0.3, 0.4) is 0 Å². The van der Waals surface area contributed by atoms with E-state index in [2.05, 4.69) is 20.0 Å². The van der Waals surface area contributed by atoms with Crippen LogP contribution >= 0.6 is 0 Å². The number of carbonyl (C=O) groups is 2. The van der Waals surface area contributed by atoms with Crippen molar-refractivity contribution in [3.63, 3.8) is 0 Å². The van der Waals surface area contributed by atoms with Crippen LogP contribution in [-0.2, 0) is 31.4 Å². The predicted octanol–water partition coefficient (Wildman–Crippen LogP) is -0.0488. The third-order valence-corrected chi connectivity index (χ3v) is 4.06. The summed E-state index contributed by atoms with van der Waals surface area (Å²) in [6.45, 7) is 4.05. The monoisotopic (exact) mass is 316 g/mol. The molecule has 122 valence electrons. The summed E-state index contributed by atoms with van der Waals surface area (Å²) in [5.74, 6) is 0.884. The van der Waals surface area contributed by atoms with Crippen molar-refractivity contribution in [3.05, 3.63) is 35.7 Å². The summed E-state index contributed by atoms with van der Waals surface area (Å²) >= 11 is 0. The van der Waals surface area contributed by atoms with Gasteiger partial charge in [-0.25, -0.2) is 4.98 Å². The first-order chi connectivity index (χ1) is 11.0. The SMILES string of the molecule is CC(=O)N1CCc2ncc(CNC(=O)c3cnn(C)c3)n2CC1. The van der Waals surface area contributed by atoms with Crippen molar-refractivity contribution in [2.45, 2.75) is 26.4 Å². The van der Waals surface area contributed by atoms with E-state index in [1.165, 1.54) is 6.20 Å². The van der Waals surface area contributed by atoms with E-state index in [0.717, 1.165) is 17.9 Å². The number of nitrogens with one attached hydrogen (secondary N) is 1. The van der Waals surface area contributed by atoms with Gasteiger partial charge in [-0.1, -0.05) is 0 Å². The lowest BCUT2D eigenvalue weighted by Crippen LogP contribution is -2.31. The summed E-state index contributed by atoms with van der Waals surface area (Å²) in [7, 11) is 1.77. The zero-order valence-corrected chi connectivity index (χ0v) is 13.3. The van der Waals surface area contributed by atoms with Crippen LogP contribution in [0.1, 0.15) is 28.8 Å². The first kappa shape index (κ1) is 15.3. The molecule has 0 bridgehead atoms. The summed E-state index contributed by atoms with van der Waals surface area (Å²) in [5.41, 5.74) is 1.48. The van der Waals surface area contributed by atoms with Gasteiger partial charge >= 0.3 is 0 Å². The highest BCUT2D eigenvalue weighted by atomic mass is 16.2. The molecular formula is C15H20N6O2. The van der Waals surface area contributed by atoms with Crippen molar-refractivity contribution in [2.24, 2.45) is 7.05 Å². The van der Waals surface area contributed by atoms with Gasteiger partial charge < -0.3 is 14.8 Å². The van der Waals surface area contributed by atoms with Crippen LogP contribution in [0.5, 0.6) is 0 Å². The maximum atomic E-state index is 12.1. The van der Waals surface area contributed by atoms with Crippen molar-refractivity contribution in [1.29, 1.82) is 0 Å². The maximum Gasteiger partial charge on any atom is 0.254 e. The molecule has 0 saturated heterocycles. The number of rotatable bonds is 3. The van der Waals surface area contributed by atoms with Crippen LogP contribution in [0.15, 0.2) is 18.6 Å². The highest BCUT2D eigenvalue weighted by Crippen LogP contribution is 2.12. The highest BCUT2D eigenvalue weighted by Gasteiger charge is 2.19. The van der Waals surface area contributed by atoms with Gasteiger partial charge in [0.2, 0.25) is 5.91 Å². The van der Waals surface area contributed by atoms with Crippen LogP contribution in [0.4, 0.5) is 0 Å². The van der Waals surface area contributed by atoms with Gasteiger partial charge in [-0.05, 0) is 0 Å². The third-order valence-electron chi connectivity index (χ3n) is 4.06. The fraction of sp³-hybridized carbons (Fsp3) is 0.467. The highest BCUT2D eigenvalue weighted by molar-refractivity contribution is 5.93. The van der Waals surface area contributed by atoms with E-state index in [0.29, 0.717) is 31.7 Å². The van der Waals surface area contributed by atoms with Gasteiger partial charge in [0.25, 0.3) is 5.91 Å². The fourth-order valence-corrected chi connectivity index (χ4v) is 2.76. The molecule has 8 nitrogen and oxygen atoms in total. The molecule has 0 spiro atoms. The Morgan fingerprint density at radius 1 is 1.26 bits per heavy atom. The molecule has 3 heterocycles. The van der Waals surface area contributed by atoms with Gasteiger partial charge in [-0.15, -0.1) is 0 Å². The largest absolute Gasteiger partial charge is 0.346 e. The van der Waals surface area contributed by atoms with E-state index in [4.69, 9.17) is 0 Å². The van der Waals surface area contributed by atoms with Crippen LogP contribution in [0, 0.1) is 0 Å². The molecule has 2 aromatic heterocycles. The molecule has 3 rings (SSSR count). The minimum atomic E-state index is -0.160. The smallest absolute Gasteiger partial charge is 0.254 e. The minimum absolute atomic E-state index is 0.0854. The van der Waals surface area contributed by atoms with Gasteiger partial charge in [-0.2, -0.15) is 5.10 Å². The van der Waals surface area contributed by atoms with Gasteiger partial charge in [0, 0.05) is 46.2 Å². The molecule has 1 N–H and O–H groups in total. The molecule has 1 aliphatic rings. The number of nitrogens with zero attached hydrogens (tertiary/aromatic N) is 5. The van der Waals surface area contributed by atoms with Gasteiger partial charge in [-0.3, -0.25) is 14.3 Å². The quantitative estimate of drug-likeness (QED) is 0.860. The second-order valence-electron chi connectivity index (χ2n) is 5.66. The zero-order chi connectivity index (χ0) is 16.4. The normalized spacial score (nSPS) is 14.3. The van der Waals surface area contributed by atoms with Crippen LogP contribution in [0.25, 0.3) is 0 Å². The second-order valence-corrected chi connectivity index (χ2v) is 5.66. The number of carbonyl (C=O) groups excluding carboxylic acids is 2. The fourth-order valence-electron chi connectivity index (χ4n) is 2.76. The number of aromatic nitrogens is 4. The van der Waals surface area contributed by atoms with Crippen molar-refractivity contribution in [2.75, 3.05) is 13.1 Å². The Labute approximate surface area is 134 Å². The number of hydrogen-bond donors (Lipinski definition) is 1. The van der Waals surface area contributed by atoms with E-state index in [9.17, 15) is 9.59 Å². The Bertz CT molecular complexity index is 732. The molecule has 2 amide bonds. The lowest BCUT2D eigenvalue weighted by molar-refractivity contribution is -0.128. The van der Waals surface area contributed by atoms with E-state index < -0.39 is 0 Å². The average Bonchev–Trinajstić information content (AvgIpc) is 3.05. The summed E-state index contributed by atoms with van der Waals surface area (Å²) in [4.78, 5) is 29.8. The first-order valence-electron chi connectivity index (χ1n) is 7.60. The molecule has 0 saturated carbocycles. The van der Waals surface area contributed by atoms with Crippen LogP contribution in [-0.4, -0.2) is 49.1 Å². The average molecular weight is 316 g/mol. The van der Waals surface area contributed by atoms with E-state index in [1.54, 1.807) is 31.0 Å². The lowest BCUT2D eigenvalue weighted by atomic mass is 10.3. The van der Waals surface area contributed by atoms with Gasteiger partial charge in [0.05, 0.1) is 30.2 Å². The van der Waals surface area contributed by atoms with Gasteiger partial charge in [0.15, 0.2) is 0 Å². The first-order valence-corrected chi connectivity index (χ1v) is 7.60. The van der Waals surface area contributed by atoms with E-state index >= 15 is 0 Å². The number of amides is 2. The standard InChI is InChI=1S/C15H20N6O2/c1-11(22)20-4-3-14-16-8-13(21(14)6-5-20)9-17-15(23)12-7-18-19(2)10-12/h7-8,10H,3-6,9H2,1-2H3,(H,17,23). The Balaban J connectivity index is 1.65.